The van der Waals surface area contributed by atoms with Crippen LogP contribution < -0.4 is 0 Å². The van der Waals surface area contributed by atoms with E-state index in [1.54, 1.807) is 0 Å². The van der Waals surface area contributed by atoms with Gasteiger partial charge in [-0.2, -0.15) is 0 Å². The third kappa shape index (κ3) is 8.88. The summed E-state index contributed by atoms with van der Waals surface area (Å²) in [5.74, 6) is 0.566. The summed E-state index contributed by atoms with van der Waals surface area (Å²) in [6.07, 6.45) is 0.710. The molecule has 0 unspecified atom stereocenters. The third-order valence-electron chi connectivity index (χ3n) is 0.292. The number of aliphatic hydroxyl groups is 1. The minimum absolute atomic E-state index is 0. The first-order valence-corrected chi connectivity index (χ1v) is 2.12. The lowest BCUT2D eigenvalue weighted by molar-refractivity contribution is 0.296. The highest BCUT2D eigenvalue weighted by atomic mass is 35.5. The Labute approximate surface area is 42.0 Å². The molecule has 0 saturated carbocycles. The fourth-order valence-electron chi connectivity index (χ4n) is 0.0598. The van der Waals surface area contributed by atoms with Gasteiger partial charge in [-0.15, -0.1) is 11.6 Å². The standard InChI is InChI=1S/C3H7ClO.H2O/c4-2-1-3-5;/h5H,1-3H2;1H2. The van der Waals surface area contributed by atoms with Crippen LogP contribution in [0, 0.1) is 0 Å². The Morgan fingerprint density at radius 2 is 2.00 bits per heavy atom. The van der Waals surface area contributed by atoms with E-state index < -0.39 is 0 Å². The van der Waals surface area contributed by atoms with Crippen molar-refractivity contribution in [3.63, 3.8) is 0 Å². The van der Waals surface area contributed by atoms with Crippen molar-refractivity contribution < 1.29 is 10.6 Å². The fourth-order valence-corrected chi connectivity index (χ4v) is 0.179. The molecule has 0 bridgehead atoms. The summed E-state index contributed by atoms with van der Waals surface area (Å²) in [7, 11) is 0. The zero-order valence-electron chi connectivity index (χ0n) is 3.45. The third-order valence-corrected chi connectivity index (χ3v) is 0.559. The Balaban J connectivity index is 0. The first-order chi connectivity index (χ1) is 2.41. The van der Waals surface area contributed by atoms with Crippen LogP contribution in [-0.4, -0.2) is 23.1 Å². The molecule has 0 fully saturated rings. The van der Waals surface area contributed by atoms with Gasteiger partial charge in [0.25, 0.3) is 0 Å². The molecule has 0 aromatic heterocycles. The van der Waals surface area contributed by atoms with Crippen LogP contribution >= 0.6 is 11.6 Å². The highest BCUT2D eigenvalue weighted by Gasteiger charge is 1.71. The number of aliphatic hydroxyl groups excluding tert-OH is 1. The summed E-state index contributed by atoms with van der Waals surface area (Å²) in [5.41, 5.74) is 0. The molecule has 0 rings (SSSR count). The van der Waals surface area contributed by atoms with Gasteiger partial charge in [-0.25, -0.2) is 0 Å². The second kappa shape index (κ2) is 8.96. The topological polar surface area (TPSA) is 51.7 Å². The molecule has 0 aliphatic rings. The molecule has 0 aromatic rings. The van der Waals surface area contributed by atoms with Crippen LogP contribution in [-0.2, 0) is 0 Å². The highest BCUT2D eigenvalue weighted by molar-refractivity contribution is 6.17. The quantitative estimate of drug-likeness (QED) is 0.494. The molecule has 0 aliphatic heterocycles. The van der Waals surface area contributed by atoms with Gasteiger partial charge in [0.15, 0.2) is 0 Å². The van der Waals surface area contributed by atoms with Crippen molar-refractivity contribution in [1.82, 2.24) is 0 Å². The number of hydrogen-bond acceptors (Lipinski definition) is 1. The SMILES string of the molecule is O.OCCCCl. The predicted molar refractivity (Wildman–Crippen MR) is 26.0 cm³/mol. The maximum absolute atomic E-state index is 7.98. The average Bonchev–Trinajstić information content (AvgIpc) is 1.41. The van der Waals surface area contributed by atoms with Gasteiger partial charge in [-0.1, -0.05) is 0 Å². The molecule has 40 valence electrons. The van der Waals surface area contributed by atoms with Crippen molar-refractivity contribution in [2.75, 3.05) is 12.5 Å². The number of halogens is 1. The Hall–Kier alpha value is 0.210. The van der Waals surface area contributed by atoms with E-state index >= 15 is 0 Å². The van der Waals surface area contributed by atoms with Crippen LogP contribution in [0.3, 0.4) is 0 Å². The Morgan fingerprint density at radius 1 is 1.50 bits per heavy atom. The smallest absolute Gasteiger partial charge is 0.0442 e. The first kappa shape index (κ1) is 9.51. The molecule has 0 aliphatic carbocycles. The van der Waals surface area contributed by atoms with Gasteiger partial charge < -0.3 is 10.6 Å². The van der Waals surface area contributed by atoms with Gasteiger partial charge in [-0.3, -0.25) is 0 Å². The molecule has 0 radical (unpaired) electrons. The molecular formula is C3H9ClO2. The molecule has 2 nitrogen and oxygen atoms in total. The van der Waals surface area contributed by atoms with Gasteiger partial charge in [0.1, 0.15) is 0 Å². The summed E-state index contributed by atoms with van der Waals surface area (Å²) >= 11 is 5.14. The summed E-state index contributed by atoms with van der Waals surface area (Å²) in [4.78, 5) is 0. The van der Waals surface area contributed by atoms with Crippen LogP contribution in [0.4, 0.5) is 0 Å². The second-order valence-electron chi connectivity index (χ2n) is 0.766. The van der Waals surface area contributed by atoms with Crippen LogP contribution in [0.5, 0.6) is 0 Å². The fraction of sp³-hybridized carbons (Fsp3) is 1.00. The molecule has 0 spiro atoms. The summed E-state index contributed by atoms with van der Waals surface area (Å²) in [6.45, 7) is 0.212. The lowest BCUT2D eigenvalue weighted by atomic mass is 10.5. The molecular weight excluding hydrogens is 103 g/mol. The van der Waals surface area contributed by atoms with Crippen LogP contribution in [0.25, 0.3) is 0 Å². The first-order valence-electron chi connectivity index (χ1n) is 1.58. The van der Waals surface area contributed by atoms with Gasteiger partial charge in [0.2, 0.25) is 0 Å². The zero-order valence-corrected chi connectivity index (χ0v) is 4.20. The Kier molecular flexibility index (Phi) is 14.2. The van der Waals surface area contributed by atoms with Crippen molar-refractivity contribution in [2.24, 2.45) is 0 Å². The monoisotopic (exact) mass is 112 g/mol. The van der Waals surface area contributed by atoms with Crippen molar-refractivity contribution in [1.29, 1.82) is 0 Å². The lowest BCUT2D eigenvalue weighted by Crippen LogP contribution is -1.79. The van der Waals surface area contributed by atoms with Gasteiger partial charge >= 0.3 is 0 Å². The normalized spacial score (nSPS) is 7.00. The van der Waals surface area contributed by atoms with E-state index in [4.69, 9.17) is 16.7 Å². The predicted octanol–water partition coefficient (Wildman–Crippen LogP) is -0.217. The Bertz CT molecular complexity index is 16.3. The second-order valence-corrected chi connectivity index (χ2v) is 1.14. The van der Waals surface area contributed by atoms with E-state index in [1.165, 1.54) is 0 Å². The minimum Gasteiger partial charge on any atom is -0.412 e. The van der Waals surface area contributed by atoms with Crippen molar-refractivity contribution in [2.45, 2.75) is 6.42 Å². The van der Waals surface area contributed by atoms with Crippen molar-refractivity contribution >= 4 is 11.6 Å². The van der Waals surface area contributed by atoms with Crippen molar-refractivity contribution in [3.8, 4) is 0 Å². The van der Waals surface area contributed by atoms with E-state index in [0.29, 0.717) is 12.3 Å². The number of alkyl halides is 1. The molecule has 0 saturated heterocycles. The molecule has 0 atom stereocenters. The molecule has 0 amide bonds. The summed E-state index contributed by atoms with van der Waals surface area (Å²) in [5, 5.41) is 7.98. The maximum atomic E-state index is 7.98. The van der Waals surface area contributed by atoms with Crippen LogP contribution in [0.15, 0.2) is 0 Å². The summed E-state index contributed by atoms with van der Waals surface area (Å²) in [6, 6.07) is 0. The van der Waals surface area contributed by atoms with Gasteiger partial charge in [0, 0.05) is 12.5 Å². The van der Waals surface area contributed by atoms with E-state index in [2.05, 4.69) is 0 Å². The van der Waals surface area contributed by atoms with Crippen molar-refractivity contribution in [3.05, 3.63) is 0 Å². The largest absolute Gasteiger partial charge is 0.412 e. The lowest BCUT2D eigenvalue weighted by Gasteiger charge is -1.77. The minimum atomic E-state index is 0. The van der Waals surface area contributed by atoms with Gasteiger partial charge in [0.05, 0.1) is 0 Å². The molecule has 0 heterocycles. The zero-order chi connectivity index (χ0) is 4.12. The highest BCUT2D eigenvalue weighted by Crippen LogP contribution is 1.77. The van der Waals surface area contributed by atoms with E-state index in [9.17, 15) is 0 Å². The van der Waals surface area contributed by atoms with E-state index in [-0.39, 0.29) is 12.1 Å². The van der Waals surface area contributed by atoms with Crippen LogP contribution in [0.1, 0.15) is 6.42 Å². The number of rotatable bonds is 2. The number of hydrogen-bond donors (Lipinski definition) is 1. The molecule has 0 aromatic carbocycles. The average molecular weight is 113 g/mol. The summed E-state index contributed by atoms with van der Waals surface area (Å²) < 4.78 is 0. The van der Waals surface area contributed by atoms with E-state index in [1.807, 2.05) is 0 Å². The van der Waals surface area contributed by atoms with Gasteiger partial charge in [-0.05, 0) is 6.42 Å². The van der Waals surface area contributed by atoms with E-state index in [0.717, 1.165) is 0 Å². The van der Waals surface area contributed by atoms with Crippen LogP contribution in [0.2, 0.25) is 0 Å². The molecule has 6 heavy (non-hydrogen) atoms. The molecule has 3 heteroatoms. The Morgan fingerprint density at radius 3 is 2.00 bits per heavy atom. The molecule has 3 N–H and O–H groups in total. The maximum Gasteiger partial charge on any atom is 0.0442 e.